The molecule has 1 N–H and O–H groups in total. The zero-order chi connectivity index (χ0) is 26.0. The summed E-state index contributed by atoms with van der Waals surface area (Å²) in [5.74, 6) is -0.188. The van der Waals surface area contributed by atoms with E-state index in [2.05, 4.69) is 0 Å². The van der Waals surface area contributed by atoms with Crippen molar-refractivity contribution in [3.63, 3.8) is 0 Å². The van der Waals surface area contributed by atoms with E-state index in [9.17, 15) is 23.3 Å². The van der Waals surface area contributed by atoms with Gasteiger partial charge in [0.15, 0.2) is 4.90 Å². The van der Waals surface area contributed by atoms with E-state index in [-0.39, 0.29) is 5.56 Å². The Morgan fingerprint density at radius 1 is 1.08 bits per heavy atom. The van der Waals surface area contributed by atoms with E-state index in [0.29, 0.717) is 33.9 Å². The van der Waals surface area contributed by atoms with E-state index in [1.165, 1.54) is 18.2 Å². The van der Waals surface area contributed by atoms with Gasteiger partial charge in [0.05, 0.1) is 4.92 Å². The van der Waals surface area contributed by atoms with Gasteiger partial charge in [-0.1, -0.05) is 48.3 Å². The van der Waals surface area contributed by atoms with Gasteiger partial charge in [0, 0.05) is 45.5 Å². The number of aryl methyl sites for hydroxylation is 1. The number of benzene rings is 3. The maximum atomic E-state index is 12.9. The highest BCUT2D eigenvalue weighted by atomic mass is 35.5. The fourth-order valence-corrected chi connectivity index (χ4v) is 5.51. The summed E-state index contributed by atoms with van der Waals surface area (Å²) in [6.07, 6.45) is 1.89. The summed E-state index contributed by atoms with van der Waals surface area (Å²) in [5.41, 5.74) is 1.60. The van der Waals surface area contributed by atoms with Gasteiger partial charge in [-0.2, -0.15) is 0 Å². The molecule has 36 heavy (non-hydrogen) atoms. The number of halogens is 2. The van der Waals surface area contributed by atoms with Gasteiger partial charge in [-0.15, -0.1) is 0 Å². The zero-order valence-electron chi connectivity index (χ0n) is 19.0. The van der Waals surface area contributed by atoms with Crippen molar-refractivity contribution in [3.8, 4) is 0 Å². The summed E-state index contributed by atoms with van der Waals surface area (Å²) >= 11 is 12.4. The van der Waals surface area contributed by atoms with Crippen LogP contribution in [0.3, 0.4) is 0 Å². The van der Waals surface area contributed by atoms with E-state index in [4.69, 9.17) is 27.6 Å². The molecule has 1 aromatic heterocycles. The van der Waals surface area contributed by atoms with Crippen LogP contribution in [0.15, 0.2) is 70.0 Å². The summed E-state index contributed by atoms with van der Waals surface area (Å²) in [6.45, 7) is 2.01. The number of nitro benzene ring substituents is 1. The SMILES string of the molecule is CCCc1oc2ccc(C(=O)NS(=O)(=O)c3ccccc3[N+](=O)[O-])cc2c1Cc1ccc(Cl)cc1Cl. The minimum atomic E-state index is -4.50. The molecule has 0 bridgehead atoms. The summed E-state index contributed by atoms with van der Waals surface area (Å²) in [5, 5.41) is 12.9. The van der Waals surface area contributed by atoms with Gasteiger partial charge in [-0.05, 0) is 48.4 Å². The number of fused-ring (bicyclic) bond motifs is 1. The van der Waals surface area contributed by atoms with E-state index < -0.39 is 31.4 Å². The van der Waals surface area contributed by atoms with E-state index in [1.54, 1.807) is 24.3 Å². The number of furan rings is 1. The number of sulfonamides is 1. The Morgan fingerprint density at radius 2 is 1.83 bits per heavy atom. The van der Waals surface area contributed by atoms with Crippen LogP contribution in [-0.4, -0.2) is 19.2 Å². The highest BCUT2D eigenvalue weighted by molar-refractivity contribution is 7.90. The van der Waals surface area contributed by atoms with Crippen molar-refractivity contribution in [3.05, 3.63) is 103 Å². The van der Waals surface area contributed by atoms with Crippen LogP contribution >= 0.6 is 23.2 Å². The number of carbonyl (C=O) groups is 1. The second kappa shape index (κ2) is 10.3. The molecular weight excluding hydrogens is 527 g/mol. The Hall–Kier alpha value is -3.40. The first-order valence-corrected chi connectivity index (χ1v) is 13.1. The predicted molar refractivity (Wildman–Crippen MR) is 137 cm³/mol. The van der Waals surface area contributed by atoms with Crippen molar-refractivity contribution in [1.82, 2.24) is 4.72 Å². The van der Waals surface area contributed by atoms with Gasteiger partial charge in [-0.25, -0.2) is 13.1 Å². The van der Waals surface area contributed by atoms with Gasteiger partial charge < -0.3 is 4.42 Å². The maximum absolute atomic E-state index is 12.9. The van der Waals surface area contributed by atoms with Gasteiger partial charge >= 0.3 is 0 Å². The monoisotopic (exact) mass is 546 g/mol. The van der Waals surface area contributed by atoms with Gasteiger partial charge in [0.25, 0.3) is 21.6 Å². The smallest absolute Gasteiger partial charge is 0.289 e. The Bertz CT molecular complexity index is 1600. The molecule has 0 atom stereocenters. The Kier molecular flexibility index (Phi) is 7.35. The molecule has 1 heterocycles. The molecule has 1 amide bonds. The Balaban J connectivity index is 1.72. The molecule has 8 nitrogen and oxygen atoms in total. The Morgan fingerprint density at radius 3 is 2.53 bits per heavy atom. The molecule has 0 aliphatic rings. The zero-order valence-corrected chi connectivity index (χ0v) is 21.3. The molecule has 4 aromatic rings. The third-order valence-electron chi connectivity index (χ3n) is 5.57. The lowest BCUT2D eigenvalue weighted by Gasteiger charge is -2.08. The van der Waals surface area contributed by atoms with Crippen LogP contribution in [0.2, 0.25) is 10.0 Å². The van der Waals surface area contributed by atoms with Crippen LogP contribution in [0.5, 0.6) is 0 Å². The summed E-state index contributed by atoms with van der Waals surface area (Å²) in [4.78, 5) is 22.8. The van der Waals surface area contributed by atoms with Crippen LogP contribution in [0.1, 0.15) is 40.6 Å². The number of para-hydroxylation sites is 1. The maximum Gasteiger partial charge on any atom is 0.289 e. The quantitative estimate of drug-likeness (QED) is 0.204. The van der Waals surface area contributed by atoms with Crippen molar-refractivity contribution in [2.24, 2.45) is 0 Å². The van der Waals surface area contributed by atoms with Crippen molar-refractivity contribution in [2.45, 2.75) is 31.1 Å². The topological polar surface area (TPSA) is 120 Å². The standard InChI is InChI=1S/C25H20Cl2N2O6S/c1-2-5-22-18(12-15-8-10-17(26)14-20(15)27)19-13-16(9-11-23(19)35-22)25(30)28-36(33,34)24-7-4-3-6-21(24)29(31)32/h3-4,6-11,13-14H,2,5,12H2,1H3,(H,28,30). The molecule has 4 rings (SSSR count). The normalized spacial score (nSPS) is 11.5. The first-order valence-electron chi connectivity index (χ1n) is 10.9. The van der Waals surface area contributed by atoms with Gasteiger partial charge in [-0.3, -0.25) is 14.9 Å². The van der Waals surface area contributed by atoms with E-state index >= 15 is 0 Å². The Labute approximate surface area is 217 Å². The first-order chi connectivity index (χ1) is 17.1. The average molecular weight is 547 g/mol. The lowest BCUT2D eigenvalue weighted by Crippen LogP contribution is -2.31. The summed E-state index contributed by atoms with van der Waals surface area (Å²) in [7, 11) is -4.50. The van der Waals surface area contributed by atoms with Crippen LogP contribution in [0.25, 0.3) is 11.0 Å². The number of nitrogens with one attached hydrogen (secondary N) is 1. The van der Waals surface area contributed by atoms with Crippen LogP contribution in [0, 0.1) is 10.1 Å². The molecule has 11 heteroatoms. The van der Waals surface area contributed by atoms with Crippen molar-refractivity contribution in [1.29, 1.82) is 0 Å². The largest absolute Gasteiger partial charge is 0.461 e. The molecule has 0 saturated carbocycles. The molecule has 0 unspecified atom stereocenters. The van der Waals surface area contributed by atoms with Crippen molar-refractivity contribution < 1.29 is 22.6 Å². The van der Waals surface area contributed by atoms with Crippen molar-refractivity contribution >= 4 is 55.8 Å². The first kappa shape index (κ1) is 25.7. The minimum absolute atomic E-state index is 0.0527. The lowest BCUT2D eigenvalue weighted by atomic mass is 9.99. The minimum Gasteiger partial charge on any atom is -0.461 e. The summed E-state index contributed by atoms with van der Waals surface area (Å²) in [6, 6.07) is 14.6. The number of nitrogens with zero attached hydrogens (tertiary/aromatic N) is 1. The average Bonchev–Trinajstić information content (AvgIpc) is 3.17. The van der Waals surface area contributed by atoms with Crippen LogP contribution in [-0.2, 0) is 22.9 Å². The van der Waals surface area contributed by atoms with Gasteiger partial charge in [0.1, 0.15) is 11.3 Å². The number of carbonyl (C=O) groups excluding carboxylic acids is 1. The van der Waals surface area contributed by atoms with E-state index in [0.717, 1.165) is 35.4 Å². The third-order valence-corrected chi connectivity index (χ3v) is 7.54. The predicted octanol–water partition coefficient (Wildman–Crippen LogP) is 6.31. The van der Waals surface area contributed by atoms with Crippen LogP contribution < -0.4 is 4.72 Å². The second-order valence-corrected chi connectivity index (χ2v) is 10.5. The number of rotatable bonds is 8. The molecule has 3 aromatic carbocycles. The highest BCUT2D eigenvalue weighted by Gasteiger charge is 2.27. The van der Waals surface area contributed by atoms with Crippen LogP contribution in [0.4, 0.5) is 5.69 Å². The highest BCUT2D eigenvalue weighted by Crippen LogP contribution is 2.33. The van der Waals surface area contributed by atoms with E-state index in [1.807, 2.05) is 17.7 Å². The number of hydrogen-bond donors (Lipinski definition) is 1. The fraction of sp³-hybridized carbons (Fsp3) is 0.160. The summed E-state index contributed by atoms with van der Waals surface area (Å²) < 4.78 is 33.5. The van der Waals surface area contributed by atoms with Crippen molar-refractivity contribution in [2.75, 3.05) is 0 Å². The molecular formula is C25H20Cl2N2O6S. The molecule has 0 aliphatic heterocycles. The number of hydrogen-bond acceptors (Lipinski definition) is 6. The molecule has 0 fully saturated rings. The number of amides is 1. The third kappa shape index (κ3) is 5.23. The molecule has 0 radical (unpaired) electrons. The number of nitro groups is 1. The molecule has 0 aliphatic carbocycles. The molecule has 186 valence electrons. The second-order valence-electron chi connectivity index (χ2n) is 8.04. The molecule has 0 saturated heterocycles. The lowest BCUT2D eigenvalue weighted by molar-refractivity contribution is -0.387. The molecule has 0 spiro atoms. The van der Waals surface area contributed by atoms with Gasteiger partial charge in [0.2, 0.25) is 0 Å². The fourth-order valence-electron chi connectivity index (χ4n) is 3.89.